The van der Waals surface area contributed by atoms with Crippen LogP contribution < -0.4 is 10.6 Å². The van der Waals surface area contributed by atoms with Gasteiger partial charge >= 0.3 is 0 Å². The minimum absolute atomic E-state index is 0.269. The molecule has 3 aromatic rings. The molecule has 0 aliphatic heterocycles. The predicted molar refractivity (Wildman–Crippen MR) is 97.8 cm³/mol. The topological polar surface area (TPSA) is 71.1 Å². The van der Waals surface area contributed by atoms with E-state index in [1.165, 1.54) is 0 Å². The van der Waals surface area contributed by atoms with E-state index in [-0.39, 0.29) is 11.8 Å². The molecule has 2 aromatic carbocycles. The van der Waals surface area contributed by atoms with E-state index in [1.807, 2.05) is 19.1 Å². The fourth-order valence-corrected chi connectivity index (χ4v) is 2.37. The zero-order valence-corrected chi connectivity index (χ0v) is 13.7. The van der Waals surface area contributed by atoms with Crippen molar-refractivity contribution in [1.29, 1.82) is 0 Å². The normalized spacial score (nSPS) is 10.1. The number of hydrogen-bond donors (Lipinski definition) is 2. The quantitative estimate of drug-likeness (QED) is 0.762. The minimum atomic E-state index is -0.328. The van der Waals surface area contributed by atoms with Crippen LogP contribution in [0.3, 0.4) is 0 Å². The Bertz CT molecular complexity index is 908. The highest BCUT2D eigenvalue weighted by Crippen LogP contribution is 2.19. The smallest absolute Gasteiger partial charge is 0.258 e. The molecule has 1 aromatic heterocycles. The van der Waals surface area contributed by atoms with Gasteiger partial charge < -0.3 is 10.6 Å². The molecular weight excluding hydrogens is 314 g/mol. The molecule has 3 rings (SSSR count). The number of para-hydroxylation sites is 1. The van der Waals surface area contributed by atoms with E-state index in [4.69, 9.17) is 0 Å². The Morgan fingerprint density at radius 1 is 0.800 bits per heavy atom. The molecular formula is C20H17N3O2. The lowest BCUT2D eigenvalue weighted by atomic mass is 10.1. The van der Waals surface area contributed by atoms with E-state index in [9.17, 15) is 9.59 Å². The lowest BCUT2D eigenvalue weighted by Crippen LogP contribution is -2.19. The van der Waals surface area contributed by atoms with Crippen LogP contribution in [0.25, 0.3) is 0 Å². The maximum Gasteiger partial charge on any atom is 0.258 e. The van der Waals surface area contributed by atoms with Gasteiger partial charge in [0.1, 0.15) is 5.82 Å². The van der Waals surface area contributed by atoms with E-state index >= 15 is 0 Å². The lowest BCUT2D eigenvalue weighted by molar-refractivity contribution is 0.102. The second-order valence-electron chi connectivity index (χ2n) is 5.49. The molecule has 25 heavy (non-hydrogen) atoms. The summed E-state index contributed by atoms with van der Waals surface area (Å²) in [6.07, 6.45) is 1.62. The van der Waals surface area contributed by atoms with Gasteiger partial charge in [0.25, 0.3) is 11.8 Å². The number of nitrogens with zero attached hydrogens (tertiary/aromatic N) is 1. The number of pyridine rings is 1. The van der Waals surface area contributed by atoms with Crippen LogP contribution in [0.5, 0.6) is 0 Å². The van der Waals surface area contributed by atoms with Gasteiger partial charge in [-0.25, -0.2) is 4.98 Å². The van der Waals surface area contributed by atoms with Crippen LogP contribution in [-0.2, 0) is 0 Å². The van der Waals surface area contributed by atoms with Crippen molar-refractivity contribution < 1.29 is 9.59 Å². The standard InChI is InChI=1S/C20H17N3O2/c1-14-8-7-13-21-18(14)23-20(25)16-11-5-6-12-17(16)22-19(24)15-9-3-2-4-10-15/h2-13H,1H3,(H,22,24)(H,21,23,25). The molecule has 2 N–H and O–H groups in total. The largest absolute Gasteiger partial charge is 0.321 e. The molecule has 2 amide bonds. The molecule has 0 spiro atoms. The molecule has 0 radical (unpaired) electrons. The molecule has 0 atom stereocenters. The second kappa shape index (κ2) is 7.40. The van der Waals surface area contributed by atoms with Crippen molar-refractivity contribution in [3.63, 3.8) is 0 Å². The van der Waals surface area contributed by atoms with E-state index in [0.717, 1.165) is 5.56 Å². The first-order valence-corrected chi connectivity index (χ1v) is 7.83. The van der Waals surface area contributed by atoms with E-state index in [0.29, 0.717) is 22.6 Å². The summed E-state index contributed by atoms with van der Waals surface area (Å²) in [5.74, 6) is -0.0997. The van der Waals surface area contributed by atoms with Gasteiger partial charge in [-0.15, -0.1) is 0 Å². The third-order valence-electron chi connectivity index (χ3n) is 3.70. The van der Waals surface area contributed by atoms with Crippen molar-refractivity contribution in [1.82, 2.24) is 4.98 Å². The Balaban J connectivity index is 1.82. The first-order valence-electron chi connectivity index (χ1n) is 7.83. The Labute approximate surface area is 145 Å². The highest BCUT2D eigenvalue weighted by Gasteiger charge is 2.15. The van der Waals surface area contributed by atoms with Crippen LogP contribution in [-0.4, -0.2) is 16.8 Å². The molecule has 0 fully saturated rings. The highest BCUT2D eigenvalue weighted by molar-refractivity contribution is 6.12. The number of nitrogens with one attached hydrogen (secondary N) is 2. The number of anilines is 2. The Kier molecular flexibility index (Phi) is 4.85. The first kappa shape index (κ1) is 16.4. The number of aryl methyl sites for hydroxylation is 1. The summed E-state index contributed by atoms with van der Waals surface area (Å²) in [6.45, 7) is 1.87. The summed E-state index contributed by atoms with van der Waals surface area (Å²) in [7, 11) is 0. The van der Waals surface area contributed by atoms with Crippen molar-refractivity contribution in [3.8, 4) is 0 Å². The van der Waals surface area contributed by atoms with Crippen molar-refractivity contribution in [2.45, 2.75) is 6.92 Å². The molecule has 0 saturated heterocycles. The zero-order chi connectivity index (χ0) is 17.6. The number of benzene rings is 2. The molecule has 124 valence electrons. The van der Waals surface area contributed by atoms with Crippen LogP contribution in [0, 0.1) is 6.92 Å². The van der Waals surface area contributed by atoms with E-state index < -0.39 is 0 Å². The van der Waals surface area contributed by atoms with Crippen molar-refractivity contribution in [2.24, 2.45) is 0 Å². The van der Waals surface area contributed by atoms with Crippen LogP contribution >= 0.6 is 0 Å². The number of amides is 2. The Morgan fingerprint density at radius 2 is 1.52 bits per heavy atom. The first-order chi connectivity index (χ1) is 12.1. The van der Waals surface area contributed by atoms with Gasteiger partial charge in [0.05, 0.1) is 11.3 Å². The SMILES string of the molecule is Cc1cccnc1NC(=O)c1ccccc1NC(=O)c1ccccc1. The summed E-state index contributed by atoms with van der Waals surface area (Å²) >= 11 is 0. The average molecular weight is 331 g/mol. The van der Waals surface area contributed by atoms with Gasteiger partial charge in [-0.3, -0.25) is 9.59 Å². The molecule has 0 aliphatic carbocycles. The third kappa shape index (κ3) is 3.90. The van der Waals surface area contributed by atoms with Crippen molar-refractivity contribution in [3.05, 3.63) is 89.6 Å². The summed E-state index contributed by atoms with van der Waals surface area (Å²) in [5.41, 5.74) is 2.21. The third-order valence-corrected chi connectivity index (χ3v) is 3.70. The molecule has 0 unspecified atom stereocenters. The van der Waals surface area contributed by atoms with Crippen LogP contribution in [0.1, 0.15) is 26.3 Å². The summed E-state index contributed by atoms with van der Waals surface area (Å²) < 4.78 is 0. The molecule has 0 aliphatic rings. The van der Waals surface area contributed by atoms with Gasteiger partial charge in [-0.1, -0.05) is 36.4 Å². The average Bonchev–Trinajstić information content (AvgIpc) is 2.64. The van der Waals surface area contributed by atoms with Crippen LogP contribution in [0.4, 0.5) is 11.5 Å². The molecule has 0 bridgehead atoms. The fraction of sp³-hybridized carbons (Fsp3) is 0.0500. The van der Waals surface area contributed by atoms with Gasteiger partial charge in [-0.2, -0.15) is 0 Å². The monoisotopic (exact) mass is 331 g/mol. The second-order valence-corrected chi connectivity index (χ2v) is 5.49. The van der Waals surface area contributed by atoms with Crippen LogP contribution in [0.2, 0.25) is 0 Å². The molecule has 1 heterocycles. The predicted octanol–water partition coefficient (Wildman–Crippen LogP) is 3.89. The maximum atomic E-state index is 12.6. The van der Waals surface area contributed by atoms with Crippen molar-refractivity contribution >= 4 is 23.3 Å². The Morgan fingerprint density at radius 3 is 2.28 bits per heavy atom. The number of aromatic nitrogens is 1. The molecule has 5 nitrogen and oxygen atoms in total. The summed E-state index contributed by atoms with van der Waals surface area (Å²) in [4.78, 5) is 29.1. The number of carbonyl (C=O) groups is 2. The fourth-order valence-electron chi connectivity index (χ4n) is 2.37. The number of hydrogen-bond acceptors (Lipinski definition) is 3. The number of rotatable bonds is 4. The van der Waals surface area contributed by atoms with Crippen molar-refractivity contribution in [2.75, 3.05) is 10.6 Å². The van der Waals surface area contributed by atoms with Gasteiger partial charge in [0.15, 0.2) is 0 Å². The maximum absolute atomic E-state index is 12.6. The van der Waals surface area contributed by atoms with Gasteiger partial charge in [0, 0.05) is 11.8 Å². The summed E-state index contributed by atoms with van der Waals surface area (Å²) in [6, 6.07) is 19.4. The molecule has 5 heteroatoms. The summed E-state index contributed by atoms with van der Waals surface area (Å²) in [5, 5.41) is 5.57. The highest BCUT2D eigenvalue weighted by atomic mass is 16.2. The minimum Gasteiger partial charge on any atom is -0.321 e. The van der Waals surface area contributed by atoms with E-state index in [1.54, 1.807) is 60.8 Å². The van der Waals surface area contributed by atoms with Gasteiger partial charge in [-0.05, 0) is 42.8 Å². The Hall–Kier alpha value is -3.47. The van der Waals surface area contributed by atoms with Crippen LogP contribution in [0.15, 0.2) is 72.9 Å². The number of carbonyl (C=O) groups excluding carboxylic acids is 2. The lowest BCUT2D eigenvalue weighted by Gasteiger charge is -2.12. The zero-order valence-electron chi connectivity index (χ0n) is 13.7. The van der Waals surface area contributed by atoms with Gasteiger partial charge in [0.2, 0.25) is 0 Å². The molecule has 0 saturated carbocycles. The van der Waals surface area contributed by atoms with E-state index in [2.05, 4.69) is 15.6 Å².